The summed E-state index contributed by atoms with van der Waals surface area (Å²) in [5.41, 5.74) is 4.19. The van der Waals surface area contributed by atoms with Gasteiger partial charge in [0.2, 0.25) is 0 Å². The molecular weight excluding hydrogens is 297 g/mol. The Kier molecular flexibility index (Phi) is 5.99. The Morgan fingerprint density at radius 1 is 1.25 bits per heavy atom. The van der Waals surface area contributed by atoms with E-state index >= 15 is 0 Å². The van der Waals surface area contributed by atoms with Gasteiger partial charge in [0.05, 0.1) is 11.4 Å². The molecule has 0 spiro atoms. The molecule has 1 saturated heterocycles. The predicted molar refractivity (Wildman–Crippen MR) is 83.7 cm³/mol. The summed E-state index contributed by atoms with van der Waals surface area (Å²) in [6.45, 7) is 4.98. The second-order valence-electron chi connectivity index (χ2n) is 4.82. The molecule has 0 saturated carbocycles. The fourth-order valence-corrected chi connectivity index (χ4v) is 2.59. The second kappa shape index (κ2) is 7.07. The average Bonchev–Trinajstić information content (AvgIpc) is 3.01. The first-order valence-corrected chi connectivity index (χ1v) is 6.38. The van der Waals surface area contributed by atoms with Crippen LogP contribution in [0.5, 0.6) is 0 Å². The van der Waals surface area contributed by atoms with Crippen molar-refractivity contribution in [3.8, 4) is 11.1 Å². The van der Waals surface area contributed by atoms with Gasteiger partial charge in [-0.1, -0.05) is 11.2 Å². The summed E-state index contributed by atoms with van der Waals surface area (Å²) in [6, 6.07) is 4.63. The van der Waals surface area contributed by atoms with Gasteiger partial charge in [0.1, 0.15) is 5.76 Å². The molecule has 1 unspecified atom stereocenters. The van der Waals surface area contributed by atoms with Crippen LogP contribution < -0.4 is 5.32 Å². The Bertz CT molecular complexity index is 529. The molecular formula is C14H19Cl2N3O. The Morgan fingerprint density at radius 3 is 2.55 bits per heavy atom. The van der Waals surface area contributed by atoms with Gasteiger partial charge in [0.25, 0.3) is 0 Å². The van der Waals surface area contributed by atoms with E-state index in [4.69, 9.17) is 4.52 Å². The fourth-order valence-electron chi connectivity index (χ4n) is 2.59. The largest absolute Gasteiger partial charge is 0.361 e. The standard InChI is InChI=1S/C14H17N3O.2ClH/c1-9-14(10(2)18-17-9)11-5-6-13(16-8-11)12-4-3-7-15-12;;/h5-6,8,12,15H,3-4,7H2,1-2H3;2*1H. The van der Waals surface area contributed by atoms with Crippen LogP contribution in [0.15, 0.2) is 22.9 Å². The molecule has 0 radical (unpaired) electrons. The molecule has 0 amide bonds. The SMILES string of the molecule is Cc1noc(C)c1-c1ccc(C2CCCN2)nc1.Cl.Cl. The number of aryl methyl sites for hydroxylation is 2. The summed E-state index contributed by atoms with van der Waals surface area (Å²) in [5.74, 6) is 0.848. The molecule has 6 heteroatoms. The van der Waals surface area contributed by atoms with Gasteiger partial charge in [-0.2, -0.15) is 0 Å². The van der Waals surface area contributed by atoms with E-state index in [1.54, 1.807) is 0 Å². The van der Waals surface area contributed by atoms with Crippen molar-refractivity contribution in [2.24, 2.45) is 0 Å². The van der Waals surface area contributed by atoms with Crippen molar-refractivity contribution in [3.05, 3.63) is 35.5 Å². The quantitative estimate of drug-likeness (QED) is 0.919. The molecule has 0 bridgehead atoms. The Morgan fingerprint density at radius 2 is 2.05 bits per heavy atom. The molecule has 1 atom stereocenters. The number of nitrogens with one attached hydrogen (secondary N) is 1. The van der Waals surface area contributed by atoms with Crippen molar-refractivity contribution in [1.82, 2.24) is 15.5 Å². The van der Waals surface area contributed by atoms with Gasteiger partial charge in [-0.25, -0.2) is 0 Å². The lowest BCUT2D eigenvalue weighted by Gasteiger charge is -2.09. The number of rotatable bonds is 2. The average molecular weight is 316 g/mol. The summed E-state index contributed by atoms with van der Waals surface area (Å²) >= 11 is 0. The molecule has 4 nitrogen and oxygen atoms in total. The van der Waals surface area contributed by atoms with Gasteiger partial charge in [0, 0.05) is 23.4 Å². The van der Waals surface area contributed by atoms with Crippen LogP contribution in [0, 0.1) is 13.8 Å². The molecule has 2 aromatic heterocycles. The van der Waals surface area contributed by atoms with Crippen molar-refractivity contribution in [2.45, 2.75) is 32.7 Å². The van der Waals surface area contributed by atoms with E-state index in [1.807, 2.05) is 20.0 Å². The molecule has 1 fully saturated rings. The van der Waals surface area contributed by atoms with Crippen LogP contribution in [0.3, 0.4) is 0 Å². The lowest BCUT2D eigenvalue weighted by atomic mass is 10.0. The highest BCUT2D eigenvalue weighted by Crippen LogP contribution is 2.28. The second-order valence-corrected chi connectivity index (χ2v) is 4.82. The first-order chi connectivity index (χ1) is 8.75. The van der Waals surface area contributed by atoms with Crippen LogP contribution in [0.25, 0.3) is 11.1 Å². The molecule has 3 rings (SSSR count). The molecule has 2 aromatic rings. The Balaban J connectivity index is 0.000001000. The van der Waals surface area contributed by atoms with Crippen molar-refractivity contribution in [3.63, 3.8) is 0 Å². The van der Waals surface area contributed by atoms with E-state index in [2.05, 4.69) is 27.6 Å². The van der Waals surface area contributed by atoms with Gasteiger partial charge < -0.3 is 9.84 Å². The van der Waals surface area contributed by atoms with E-state index in [1.165, 1.54) is 12.8 Å². The number of hydrogen-bond donors (Lipinski definition) is 1. The highest BCUT2D eigenvalue weighted by Gasteiger charge is 2.18. The van der Waals surface area contributed by atoms with E-state index in [0.717, 1.165) is 34.8 Å². The third-order valence-electron chi connectivity index (χ3n) is 3.53. The minimum atomic E-state index is 0. The highest BCUT2D eigenvalue weighted by molar-refractivity contribution is 5.85. The molecule has 1 aliphatic heterocycles. The van der Waals surface area contributed by atoms with Crippen LogP contribution in [0.4, 0.5) is 0 Å². The van der Waals surface area contributed by atoms with Crippen molar-refractivity contribution < 1.29 is 4.52 Å². The summed E-state index contributed by atoms with van der Waals surface area (Å²) in [5, 5.41) is 7.43. The summed E-state index contributed by atoms with van der Waals surface area (Å²) in [4.78, 5) is 4.57. The summed E-state index contributed by atoms with van der Waals surface area (Å²) in [7, 11) is 0. The predicted octanol–water partition coefficient (Wildman–Crippen LogP) is 3.62. The van der Waals surface area contributed by atoms with Crippen LogP contribution in [-0.2, 0) is 0 Å². The van der Waals surface area contributed by atoms with E-state index < -0.39 is 0 Å². The van der Waals surface area contributed by atoms with Crippen LogP contribution in [-0.4, -0.2) is 16.7 Å². The van der Waals surface area contributed by atoms with Crippen molar-refractivity contribution in [1.29, 1.82) is 0 Å². The lowest BCUT2D eigenvalue weighted by Crippen LogP contribution is -2.13. The molecule has 20 heavy (non-hydrogen) atoms. The fraction of sp³-hybridized carbons (Fsp3) is 0.429. The highest BCUT2D eigenvalue weighted by atomic mass is 35.5. The molecule has 3 heterocycles. The first-order valence-electron chi connectivity index (χ1n) is 6.38. The zero-order chi connectivity index (χ0) is 12.5. The van der Waals surface area contributed by atoms with Gasteiger partial charge in [-0.05, 0) is 39.3 Å². The van der Waals surface area contributed by atoms with E-state index in [0.29, 0.717) is 6.04 Å². The monoisotopic (exact) mass is 315 g/mol. The zero-order valence-electron chi connectivity index (χ0n) is 11.5. The zero-order valence-corrected chi connectivity index (χ0v) is 13.2. The number of pyridine rings is 1. The maximum atomic E-state index is 5.19. The molecule has 110 valence electrons. The summed E-state index contributed by atoms with van der Waals surface area (Å²) in [6.07, 6.45) is 4.33. The lowest BCUT2D eigenvalue weighted by molar-refractivity contribution is 0.393. The number of nitrogens with zero attached hydrogens (tertiary/aromatic N) is 2. The smallest absolute Gasteiger partial charge is 0.141 e. The summed E-state index contributed by atoms with van der Waals surface area (Å²) < 4.78 is 5.19. The normalized spacial score (nSPS) is 17.4. The number of aromatic nitrogens is 2. The number of halogens is 2. The van der Waals surface area contributed by atoms with Crippen LogP contribution >= 0.6 is 24.8 Å². The van der Waals surface area contributed by atoms with Gasteiger partial charge in [-0.3, -0.25) is 4.98 Å². The topological polar surface area (TPSA) is 51.0 Å². The molecule has 1 aliphatic rings. The molecule has 0 aliphatic carbocycles. The van der Waals surface area contributed by atoms with Gasteiger partial charge in [0.15, 0.2) is 0 Å². The molecule has 0 aromatic carbocycles. The van der Waals surface area contributed by atoms with Crippen molar-refractivity contribution in [2.75, 3.05) is 6.54 Å². The number of hydrogen-bond acceptors (Lipinski definition) is 4. The Labute approximate surface area is 131 Å². The Hall–Kier alpha value is -1.10. The maximum Gasteiger partial charge on any atom is 0.141 e. The van der Waals surface area contributed by atoms with E-state index in [-0.39, 0.29) is 24.8 Å². The van der Waals surface area contributed by atoms with E-state index in [9.17, 15) is 0 Å². The van der Waals surface area contributed by atoms with Gasteiger partial charge >= 0.3 is 0 Å². The van der Waals surface area contributed by atoms with Crippen LogP contribution in [0.1, 0.15) is 36.0 Å². The minimum Gasteiger partial charge on any atom is -0.361 e. The third-order valence-corrected chi connectivity index (χ3v) is 3.53. The third kappa shape index (κ3) is 3.14. The minimum absolute atomic E-state index is 0. The molecule has 1 N–H and O–H groups in total. The van der Waals surface area contributed by atoms with Gasteiger partial charge in [-0.15, -0.1) is 24.8 Å². The van der Waals surface area contributed by atoms with Crippen molar-refractivity contribution >= 4 is 24.8 Å². The maximum absolute atomic E-state index is 5.19. The van der Waals surface area contributed by atoms with Crippen LogP contribution in [0.2, 0.25) is 0 Å². The first kappa shape index (κ1) is 17.0.